The van der Waals surface area contributed by atoms with Crippen molar-refractivity contribution in [3.05, 3.63) is 36.0 Å². The van der Waals surface area contributed by atoms with Crippen LogP contribution in [0.15, 0.2) is 30.5 Å². The van der Waals surface area contributed by atoms with Crippen LogP contribution >= 0.6 is 0 Å². The van der Waals surface area contributed by atoms with E-state index in [1.54, 1.807) is 32.4 Å². The predicted octanol–water partition coefficient (Wildman–Crippen LogP) is 3.72. The monoisotopic (exact) mass is 372 g/mol. The lowest BCUT2D eigenvalue weighted by atomic mass is 10.1. The number of anilines is 1. The minimum atomic E-state index is -0.129. The van der Waals surface area contributed by atoms with Crippen LogP contribution in [0, 0.1) is 0 Å². The van der Waals surface area contributed by atoms with E-state index in [4.69, 9.17) is 9.47 Å². The summed E-state index contributed by atoms with van der Waals surface area (Å²) < 4.78 is 12.5. The summed E-state index contributed by atoms with van der Waals surface area (Å²) in [5.74, 6) is 2.17. The van der Waals surface area contributed by atoms with Crippen LogP contribution in [-0.2, 0) is 6.42 Å². The van der Waals surface area contributed by atoms with Gasteiger partial charge in [0.05, 0.1) is 26.5 Å². The van der Waals surface area contributed by atoms with Gasteiger partial charge in [0, 0.05) is 19.7 Å². The van der Waals surface area contributed by atoms with E-state index in [9.17, 15) is 4.79 Å². The van der Waals surface area contributed by atoms with Crippen LogP contribution in [0.1, 0.15) is 37.3 Å². The van der Waals surface area contributed by atoms with Crippen LogP contribution in [0.3, 0.4) is 0 Å². The summed E-state index contributed by atoms with van der Waals surface area (Å²) in [7, 11) is 5.03. The molecule has 0 atom stereocenters. The van der Waals surface area contributed by atoms with E-state index < -0.39 is 0 Å². The van der Waals surface area contributed by atoms with E-state index in [1.807, 2.05) is 28.9 Å². The molecule has 1 aliphatic rings. The SMILES string of the molecule is COc1ccc(CCN(C)C(=O)Nc2ccnn2C2CCCC2)cc1OC. The normalized spacial score (nSPS) is 14.2. The number of methoxy groups -OCH3 is 2. The zero-order valence-corrected chi connectivity index (χ0v) is 16.3. The molecule has 3 rings (SSSR count). The third-order valence-corrected chi connectivity index (χ3v) is 5.11. The summed E-state index contributed by atoms with van der Waals surface area (Å²) in [5.41, 5.74) is 1.09. The second-order valence-corrected chi connectivity index (χ2v) is 6.89. The number of benzene rings is 1. The third-order valence-electron chi connectivity index (χ3n) is 5.11. The van der Waals surface area contributed by atoms with Gasteiger partial charge in [-0.15, -0.1) is 0 Å². The molecule has 1 N–H and O–H groups in total. The molecule has 0 saturated heterocycles. The average Bonchev–Trinajstić information content (AvgIpc) is 3.37. The fourth-order valence-electron chi connectivity index (χ4n) is 3.49. The van der Waals surface area contributed by atoms with Crippen molar-refractivity contribution in [2.75, 3.05) is 33.1 Å². The van der Waals surface area contributed by atoms with Gasteiger partial charge in [-0.25, -0.2) is 9.48 Å². The molecule has 1 aromatic heterocycles. The van der Waals surface area contributed by atoms with Gasteiger partial charge in [0.25, 0.3) is 0 Å². The molecule has 1 heterocycles. The Hall–Kier alpha value is -2.70. The van der Waals surface area contributed by atoms with E-state index in [0.29, 0.717) is 24.1 Å². The van der Waals surface area contributed by atoms with Crippen molar-refractivity contribution in [3.63, 3.8) is 0 Å². The smallest absolute Gasteiger partial charge is 0.322 e. The first kappa shape index (κ1) is 19.1. The molecule has 27 heavy (non-hydrogen) atoms. The quantitative estimate of drug-likeness (QED) is 0.804. The molecule has 146 valence electrons. The number of carbonyl (C=O) groups excluding carboxylic acids is 1. The van der Waals surface area contributed by atoms with Crippen LogP contribution < -0.4 is 14.8 Å². The van der Waals surface area contributed by atoms with Crippen molar-refractivity contribution in [1.82, 2.24) is 14.7 Å². The molecule has 2 aromatic rings. The molecule has 1 fully saturated rings. The number of likely N-dealkylation sites (N-methyl/N-ethyl adjacent to an activating group) is 1. The Morgan fingerprint density at radius 2 is 1.96 bits per heavy atom. The van der Waals surface area contributed by atoms with Crippen molar-refractivity contribution in [3.8, 4) is 11.5 Å². The molecular formula is C20H28N4O3. The highest BCUT2D eigenvalue weighted by Crippen LogP contribution is 2.31. The molecule has 0 aliphatic heterocycles. The van der Waals surface area contributed by atoms with Gasteiger partial charge in [-0.3, -0.25) is 5.32 Å². The summed E-state index contributed by atoms with van der Waals surface area (Å²) >= 11 is 0. The number of nitrogens with one attached hydrogen (secondary N) is 1. The molecule has 2 amide bonds. The summed E-state index contributed by atoms with van der Waals surface area (Å²) in [6.45, 7) is 0.596. The standard InChI is InChI=1S/C20H28N4O3/c1-23(13-11-15-8-9-17(26-2)18(14-15)27-3)20(25)22-19-10-12-21-24(19)16-6-4-5-7-16/h8-10,12,14,16H,4-7,11,13H2,1-3H3,(H,22,25). The van der Waals surface area contributed by atoms with Gasteiger partial charge in [-0.05, 0) is 37.0 Å². The summed E-state index contributed by atoms with van der Waals surface area (Å²) in [4.78, 5) is 14.2. The maximum absolute atomic E-state index is 12.6. The first-order valence-electron chi connectivity index (χ1n) is 9.39. The second-order valence-electron chi connectivity index (χ2n) is 6.89. The van der Waals surface area contributed by atoms with Crippen molar-refractivity contribution in [2.24, 2.45) is 0 Å². The predicted molar refractivity (Wildman–Crippen MR) is 105 cm³/mol. The minimum absolute atomic E-state index is 0.129. The summed E-state index contributed by atoms with van der Waals surface area (Å²) in [6.07, 6.45) is 7.18. The average molecular weight is 372 g/mol. The van der Waals surface area contributed by atoms with Gasteiger partial charge < -0.3 is 14.4 Å². The van der Waals surface area contributed by atoms with E-state index in [2.05, 4.69) is 10.4 Å². The van der Waals surface area contributed by atoms with E-state index in [1.165, 1.54) is 12.8 Å². The highest BCUT2D eigenvalue weighted by atomic mass is 16.5. The van der Waals surface area contributed by atoms with E-state index in [-0.39, 0.29) is 6.03 Å². The van der Waals surface area contributed by atoms with Crippen molar-refractivity contribution < 1.29 is 14.3 Å². The Morgan fingerprint density at radius 1 is 1.22 bits per heavy atom. The number of urea groups is 1. The second kappa shape index (κ2) is 8.79. The van der Waals surface area contributed by atoms with Gasteiger partial charge in [0.15, 0.2) is 11.5 Å². The van der Waals surface area contributed by atoms with Gasteiger partial charge in [-0.1, -0.05) is 18.9 Å². The molecule has 7 nitrogen and oxygen atoms in total. The molecule has 0 radical (unpaired) electrons. The van der Waals surface area contributed by atoms with Gasteiger partial charge in [-0.2, -0.15) is 5.10 Å². The number of rotatable bonds is 7. The Balaban J connectivity index is 1.56. The van der Waals surface area contributed by atoms with Crippen molar-refractivity contribution >= 4 is 11.8 Å². The molecule has 0 spiro atoms. The Morgan fingerprint density at radius 3 is 2.67 bits per heavy atom. The highest BCUT2D eigenvalue weighted by Gasteiger charge is 2.21. The van der Waals surface area contributed by atoms with Crippen LogP contribution in [-0.4, -0.2) is 48.5 Å². The lowest BCUT2D eigenvalue weighted by Gasteiger charge is -2.20. The number of carbonyl (C=O) groups is 1. The number of ether oxygens (including phenoxy) is 2. The van der Waals surface area contributed by atoms with E-state index in [0.717, 1.165) is 30.6 Å². The minimum Gasteiger partial charge on any atom is -0.493 e. The van der Waals surface area contributed by atoms with Crippen molar-refractivity contribution in [1.29, 1.82) is 0 Å². The first-order chi connectivity index (χ1) is 13.1. The largest absolute Gasteiger partial charge is 0.493 e. The maximum Gasteiger partial charge on any atom is 0.322 e. The first-order valence-corrected chi connectivity index (χ1v) is 9.39. The Kier molecular flexibility index (Phi) is 6.21. The van der Waals surface area contributed by atoms with Crippen LogP contribution in [0.2, 0.25) is 0 Å². The van der Waals surface area contributed by atoms with Crippen molar-refractivity contribution in [2.45, 2.75) is 38.1 Å². The molecule has 0 unspecified atom stereocenters. The summed E-state index contributed by atoms with van der Waals surface area (Å²) in [5, 5.41) is 7.38. The zero-order chi connectivity index (χ0) is 19.2. The van der Waals surface area contributed by atoms with E-state index >= 15 is 0 Å². The lowest BCUT2D eigenvalue weighted by Crippen LogP contribution is -2.33. The number of hydrogen-bond donors (Lipinski definition) is 1. The van der Waals surface area contributed by atoms with Gasteiger partial charge >= 0.3 is 6.03 Å². The number of hydrogen-bond acceptors (Lipinski definition) is 4. The topological polar surface area (TPSA) is 68.6 Å². The fourth-order valence-corrected chi connectivity index (χ4v) is 3.49. The molecule has 1 aromatic carbocycles. The lowest BCUT2D eigenvalue weighted by molar-refractivity contribution is 0.222. The van der Waals surface area contributed by atoms with Crippen LogP contribution in [0.25, 0.3) is 0 Å². The molecule has 7 heteroatoms. The zero-order valence-electron chi connectivity index (χ0n) is 16.3. The van der Waals surface area contributed by atoms with Crippen LogP contribution in [0.5, 0.6) is 11.5 Å². The Bertz CT molecular complexity index is 768. The third kappa shape index (κ3) is 4.53. The molecular weight excluding hydrogens is 344 g/mol. The van der Waals surface area contributed by atoms with Crippen LogP contribution in [0.4, 0.5) is 10.6 Å². The molecule has 0 bridgehead atoms. The number of nitrogens with zero attached hydrogens (tertiary/aromatic N) is 3. The maximum atomic E-state index is 12.6. The fraction of sp³-hybridized carbons (Fsp3) is 0.500. The van der Waals surface area contributed by atoms with Gasteiger partial charge in [0.1, 0.15) is 5.82 Å². The number of amides is 2. The summed E-state index contributed by atoms with van der Waals surface area (Å²) in [6, 6.07) is 7.94. The molecule has 1 saturated carbocycles. The number of aromatic nitrogens is 2. The Labute approximate surface area is 160 Å². The molecule has 1 aliphatic carbocycles. The highest BCUT2D eigenvalue weighted by molar-refractivity contribution is 5.88. The van der Waals surface area contributed by atoms with Gasteiger partial charge in [0.2, 0.25) is 0 Å².